The Hall–Kier alpha value is -2.66. The van der Waals surface area contributed by atoms with Gasteiger partial charge in [0.15, 0.2) is 0 Å². The predicted molar refractivity (Wildman–Crippen MR) is 110 cm³/mol. The highest BCUT2D eigenvalue weighted by Gasteiger charge is 2.32. The van der Waals surface area contributed by atoms with Crippen LogP contribution in [-0.4, -0.2) is 36.3 Å². The second-order valence-corrected chi connectivity index (χ2v) is 8.80. The minimum atomic E-state index is -4.67. The quantitative estimate of drug-likeness (QED) is 0.687. The molecule has 11 heteroatoms. The Balaban J connectivity index is 2.36. The van der Waals surface area contributed by atoms with Gasteiger partial charge in [-0.1, -0.05) is 19.9 Å². The van der Waals surface area contributed by atoms with Gasteiger partial charge in [-0.25, -0.2) is 8.42 Å². The van der Waals surface area contributed by atoms with Crippen molar-refractivity contribution in [3.8, 4) is 0 Å². The maximum atomic E-state index is 13.0. The third kappa shape index (κ3) is 5.34. The van der Waals surface area contributed by atoms with E-state index in [-0.39, 0.29) is 23.7 Å². The van der Waals surface area contributed by atoms with Crippen LogP contribution in [0, 0.1) is 6.92 Å². The zero-order valence-corrected chi connectivity index (χ0v) is 18.3. The summed E-state index contributed by atoms with van der Waals surface area (Å²) in [5, 5.41) is 2.48. The van der Waals surface area contributed by atoms with Crippen LogP contribution in [0.5, 0.6) is 0 Å². The van der Waals surface area contributed by atoms with Gasteiger partial charge >= 0.3 is 6.18 Å². The number of anilines is 1. The molecule has 0 saturated heterocycles. The number of benzene rings is 1. The summed E-state index contributed by atoms with van der Waals surface area (Å²) >= 11 is 0. The smallest absolute Gasteiger partial charge is 0.324 e. The Labute approximate surface area is 178 Å². The number of rotatable bonds is 7. The number of alkyl halides is 3. The Morgan fingerprint density at radius 2 is 1.77 bits per heavy atom. The highest BCUT2D eigenvalue weighted by molar-refractivity contribution is 7.89. The molecule has 2 rings (SSSR count). The number of halogens is 3. The molecule has 7 nitrogen and oxygen atoms in total. The lowest BCUT2D eigenvalue weighted by Crippen LogP contribution is -2.32. The SMILES string of the molecule is CCN(CC)S(=O)(=O)c1cc(NC(=O)C(C)n2cc(C(F)(F)F)ccc2=O)ccc1C. The summed E-state index contributed by atoms with van der Waals surface area (Å²) in [6, 6.07) is 4.42. The second kappa shape index (κ2) is 9.23. The summed E-state index contributed by atoms with van der Waals surface area (Å²) in [6.07, 6.45) is -4.09. The zero-order valence-electron chi connectivity index (χ0n) is 17.5. The van der Waals surface area contributed by atoms with Crippen LogP contribution in [-0.2, 0) is 21.0 Å². The number of carbonyl (C=O) groups excluding carboxylic acids is 1. The van der Waals surface area contributed by atoms with Crippen LogP contribution in [0.25, 0.3) is 0 Å². The van der Waals surface area contributed by atoms with E-state index in [0.717, 1.165) is 6.07 Å². The van der Waals surface area contributed by atoms with Crippen molar-refractivity contribution in [3.05, 3.63) is 58.0 Å². The van der Waals surface area contributed by atoms with Gasteiger partial charge in [-0.05, 0) is 37.6 Å². The third-order valence-corrected chi connectivity index (χ3v) is 7.03. The number of hydrogen-bond acceptors (Lipinski definition) is 4. The lowest BCUT2D eigenvalue weighted by atomic mass is 10.2. The monoisotopic (exact) mass is 459 g/mol. The fourth-order valence-corrected chi connectivity index (χ4v) is 4.71. The molecular formula is C20H24F3N3O4S. The highest BCUT2D eigenvalue weighted by Crippen LogP contribution is 2.29. The lowest BCUT2D eigenvalue weighted by Gasteiger charge is -2.21. The van der Waals surface area contributed by atoms with E-state index in [2.05, 4.69) is 5.32 Å². The number of nitrogens with zero attached hydrogens (tertiary/aromatic N) is 2. The Bertz CT molecular complexity index is 1120. The summed E-state index contributed by atoms with van der Waals surface area (Å²) in [5.41, 5.74) is -1.21. The Morgan fingerprint density at radius 1 is 1.16 bits per heavy atom. The van der Waals surface area contributed by atoms with Crippen LogP contribution in [0.4, 0.5) is 18.9 Å². The topological polar surface area (TPSA) is 88.5 Å². The zero-order chi connectivity index (χ0) is 23.6. The number of amides is 1. The largest absolute Gasteiger partial charge is 0.417 e. The Morgan fingerprint density at radius 3 is 2.32 bits per heavy atom. The predicted octanol–water partition coefficient (Wildman–Crippen LogP) is 3.41. The molecule has 1 unspecified atom stereocenters. The van der Waals surface area contributed by atoms with E-state index in [9.17, 15) is 31.2 Å². The molecule has 1 atom stereocenters. The van der Waals surface area contributed by atoms with E-state index in [0.29, 0.717) is 22.4 Å². The van der Waals surface area contributed by atoms with Crippen molar-refractivity contribution in [2.24, 2.45) is 0 Å². The minimum absolute atomic E-state index is 0.0119. The van der Waals surface area contributed by atoms with Gasteiger partial charge in [0.25, 0.3) is 5.56 Å². The molecule has 0 saturated carbocycles. The van der Waals surface area contributed by atoms with Gasteiger partial charge in [-0.2, -0.15) is 17.5 Å². The van der Waals surface area contributed by atoms with E-state index in [4.69, 9.17) is 0 Å². The lowest BCUT2D eigenvalue weighted by molar-refractivity contribution is -0.138. The molecule has 1 aromatic heterocycles. The molecule has 1 heterocycles. The van der Waals surface area contributed by atoms with Crippen molar-refractivity contribution in [1.82, 2.24) is 8.87 Å². The van der Waals surface area contributed by atoms with E-state index >= 15 is 0 Å². The number of pyridine rings is 1. The van der Waals surface area contributed by atoms with Crippen molar-refractivity contribution in [2.45, 2.75) is 44.8 Å². The van der Waals surface area contributed by atoms with Crippen molar-refractivity contribution < 1.29 is 26.4 Å². The van der Waals surface area contributed by atoms with Gasteiger partial charge < -0.3 is 9.88 Å². The van der Waals surface area contributed by atoms with Crippen molar-refractivity contribution >= 4 is 21.6 Å². The number of sulfonamides is 1. The molecule has 0 aliphatic rings. The fourth-order valence-electron chi connectivity index (χ4n) is 3.01. The van der Waals surface area contributed by atoms with E-state index in [1.165, 1.54) is 29.4 Å². The number of hydrogen-bond donors (Lipinski definition) is 1. The number of carbonyl (C=O) groups is 1. The summed E-state index contributed by atoms with van der Waals surface area (Å²) in [7, 11) is -3.79. The van der Waals surface area contributed by atoms with Crippen LogP contribution in [0.2, 0.25) is 0 Å². The summed E-state index contributed by atoms with van der Waals surface area (Å²) in [6.45, 7) is 6.84. The first kappa shape index (κ1) is 24.6. The van der Waals surface area contributed by atoms with Crippen LogP contribution in [0.1, 0.15) is 37.9 Å². The van der Waals surface area contributed by atoms with E-state index in [1.807, 2.05) is 0 Å². The molecule has 2 aromatic rings. The van der Waals surface area contributed by atoms with Crippen LogP contribution >= 0.6 is 0 Å². The van der Waals surface area contributed by atoms with Crippen molar-refractivity contribution in [1.29, 1.82) is 0 Å². The molecular weight excluding hydrogens is 435 g/mol. The molecule has 0 aliphatic heterocycles. The maximum absolute atomic E-state index is 13.0. The van der Waals surface area contributed by atoms with Crippen LogP contribution in [0.15, 0.2) is 46.2 Å². The fraction of sp³-hybridized carbons (Fsp3) is 0.400. The number of nitrogens with one attached hydrogen (secondary N) is 1. The third-order valence-electron chi connectivity index (χ3n) is 4.84. The van der Waals surface area contributed by atoms with Gasteiger partial charge in [0.05, 0.1) is 10.5 Å². The number of aromatic nitrogens is 1. The van der Waals surface area contributed by atoms with Gasteiger partial charge in [0, 0.05) is 31.0 Å². The molecule has 1 amide bonds. The van der Waals surface area contributed by atoms with Crippen LogP contribution < -0.4 is 10.9 Å². The van der Waals surface area contributed by atoms with Gasteiger partial charge in [-0.15, -0.1) is 0 Å². The Kier molecular flexibility index (Phi) is 7.32. The molecule has 31 heavy (non-hydrogen) atoms. The molecule has 1 aromatic carbocycles. The first-order chi connectivity index (χ1) is 14.3. The standard InChI is InChI=1S/C20H24F3N3O4S/c1-5-25(6-2)31(29,30)17-11-16(9-7-13(17)3)24-19(28)14(4)26-12-15(20(21,22)23)8-10-18(26)27/h7-12,14H,5-6H2,1-4H3,(H,24,28). The molecule has 0 radical (unpaired) electrons. The highest BCUT2D eigenvalue weighted by atomic mass is 32.2. The van der Waals surface area contributed by atoms with E-state index in [1.54, 1.807) is 20.8 Å². The molecule has 0 fully saturated rings. The molecule has 1 N–H and O–H groups in total. The molecule has 0 bridgehead atoms. The van der Waals surface area contributed by atoms with E-state index < -0.39 is 39.3 Å². The summed E-state index contributed by atoms with van der Waals surface area (Å²) < 4.78 is 66.5. The second-order valence-electron chi connectivity index (χ2n) is 6.90. The minimum Gasteiger partial charge on any atom is -0.324 e. The van der Waals surface area contributed by atoms with Crippen LogP contribution in [0.3, 0.4) is 0 Å². The van der Waals surface area contributed by atoms with Gasteiger partial charge in [-0.3, -0.25) is 9.59 Å². The summed E-state index contributed by atoms with van der Waals surface area (Å²) in [5.74, 6) is -0.767. The molecule has 0 aliphatic carbocycles. The van der Waals surface area contributed by atoms with Gasteiger partial charge in [0.1, 0.15) is 6.04 Å². The normalized spacial score (nSPS) is 13.3. The summed E-state index contributed by atoms with van der Waals surface area (Å²) in [4.78, 5) is 24.6. The average Bonchev–Trinajstić information content (AvgIpc) is 2.68. The number of aryl methyl sites for hydroxylation is 1. The first-order valence-corrected chi connectivity index (χ1v) is 11.0. The molecule has 0 spiro atoms. The first-order valence-electron chi connectivity index (χ1n) is 9.54. The molecule has 170 valence electrons. The van der Waals surface area contributed by atoms with Crippen molar-refractivity contribution in [3.63, 3.8) is 0 Å². The average molecular weight is 459 g/mol. The van der Waals surface area contributed by atoms with Crippen molar-refractivity contribution in [2.75, 3.05) is 18.4 Å². The van der Waals surface area contributed by atoms with Gasteiger partial charge in [0.2, 0.25) is 15.9 Å². The maximum Gasteiger partial charge on any atom is 0.417 e.